The molecular weight excluding hydrogens is 358 g/mol. The summed E-state index contributed by atoms with van der Waals surface area (Å²) in [6, 6.07) is 8.18. The summed E-state index contributed by atoms with van der Waals surface area (Å²) < 4.78 is 5.42. The van der Waals surface area contributed by atoms with Gasteiger partial charge in [0, 0.05) is 10.8 Å². The fraction of sp³-hybridized carbons (Fsp3) is 0.571. The van der Waals surface area contributed by atoms with Crippen LogP contribution in [0.25, 0.3) is 0 Å². The second kappa shape index (κ2) is 8.05. The zero-order valence-electron chi connectivity index (χ0n) is 16.8. The minimum Gasteiger partial charge on any atom is -0.343 e. The Bertz CT molecular complexity index is 773. The van der Waals surface area contributed by atoms with Crippen molar-refractivity contribution in [3.8, 4) is 0 Å². The minimum atomic E-state index is -0.249. The van der Waals surface area contributed by atoms with Crippen molar-refractivity contribution in [2.75, 3.05) is 5.75 Å². The molecule has 0 bridgehead atoms. The molecule has 1 fully saturated rings. The standard InChI is InChI=1S/C21H29N3O2S/c1-13(2)18(20-23-19(24-26-20)14-6-7-14)22-17(25)12-27-16-10-8-15(9-11-16)21(3,4)5/h8-11,13-14,18H,6-7,12H2,1-5H3,(H,22,25). The lowest BCUT2D eigenvalue weighted by Crippen LogP contribution is -2.33. The van der Waals surface area contributed by atoms with Crippen molar-refractivity contribution in [1.82, 2.24) is 15.5 Å². The number of aromatic nitrogens is 2. The maximum absolute atomic E-state index is 12.5. The fourth-order valence-electron chi connectivity index (χ4n) is 2.81. The minimum absolute atomic E-state index is 0.0234. The molecule has 1 N–H and O–H groups in total. The van der Waals surface area contributed by atoms with E-state index in [0.717, 1.165) is 23.6 Å². The lowest BCUT2D eigenvalue weighted by atomic mass is 9.87. The molecule has 0 saturated heterocycles. The number of carbonyl (C=O) groups excluding carboxylic acids is 1. The van der Waals surface area contributed by atoms with E-state index in [1.165, 1.54) is 17.3 Å². The van der Waals surface area contributed by atoms with Gasteiger partial charge in [-0.05, 0) is 41.9 Å². The molecule has 0 spiro atoms. The smallest absolute Gasteiger partial charge is 0.249 e. The number of carbonyl (C=O) groups is 1. The van der Waals surface area contributed by atoms with Crippen LogP contribution < -0.4 is 5.32 Å². The predicted molar refractivity (Wildman–Crippen MR) is 108 cm³/mol. The van der Waals surface area contributed by atoms with Crippen LogP contribution >= 0.6 is 11.8 Å². The third kappa shape index (κ3) is 5.34. The van der Waals surface area contributed by atoms with Gasteiger partial charge >= 0.3 is 0 Å². The summed E-state index contributed by atoms with van der Waals surface area (Å²) in [6.07, 6.45) is 2.25. The van der Waals surface area contributed by atoms with Crippen molar-refractivity contribution in [3.63, 3.8) is 0 Å². The average molecular weight is 388 g/mol. The molecule has 1 aliphatic rings. The molecule has 1 amide bonds. The van der Waals surface area contributed by atoms with E-state index in [0.29, 0.717) is 17.6 Å². The van der Waals surface area contributed by atoms with Crippen LogP contribution in [0.3, 0.4) is 0 Å². The van der Waals surface area contributed by atoms with Gasteiger partial charge in [0.1, 0.15) is 6.04 Å². The molecular formula is C21H29N3O2S. The second-order valence-electron chi connectivity index (χ2n) is 8.62. The summed E-state index contributed by atoms with van der Waals surface area (Å²) in [5.74, 6) is 2.25. The first kappa shape index (κ1) is 19.9. The van der Waals surface area contributed by atoms with Gasteiger partial charge in [0.2, 0.25) is 11.8 Å². The van der Waals surface area contributed by atoms with E-state index in [1.54, 1.807) is 0 Å². The van der Waals surface area contributed by atoms with E-state index in [1.807, 2.05) is 13.8 Å². The monoisotopic (exact) mass is 387 g/mol. The maximum atomic E-state index is 12.5. The molecule has 1 unspecified atom stereocenters. The number of nitrogens with zero attached hydrogens (tertiary/aromatic N) is 2. The number of hydrogen-bond acceptors (Lipinski definition) is 5. The average Bonchev–Trinajstić information content (AvgIpc) is 3.35. The van der Waals surface area contributed by atoms with Gasteiger partial charge in [-0.2, -0.15) is 4.98 Å². The Morgan fingerprint density at radius 3 is 2.48 bits per heavy atom. The lowest BCUT2D eigenvalue weighted by molar-refractivity contribution is -0.119. The molecule has 1 aliphatic carbocycles. The molecule has 1 heterocycles. The van der Waals surface area contributed by atoms with E-state index < -0.39 is 0 Å². The Hall–Kier alpha value is -1.82. The maximum Gasteiger partial charge on any atom is 0.249 e. The van der Waals surface area contributed by atoms with Crippen molar-refractivity contribution in [2.45, 2.75) is 69.7 Å². The van der Waals surface area contributed by atoms with Crippen LogP contribution in [0, 0.1) is 5.92 Å². The third-order valence-electron chi connectivity index (χ3n) is 4.74. The van der Waals surface area contributed by atoms with Gasteiger partial charge in [0.25, 0.3) is 0 Å². The predicted octanol–water partition coefficient (Wildman–Crippen LogP) is 4.85. The van der Waals surface area contributed by atoms with Crippen LogP contribution in [-0.4, -0.2) is 21.8 Å². The van der Waals surface area contributed by atoms with Crippen LogP contribution in [0.15, 0.2) is 33.7 Å². The Labute approximate surface area is 165 Å². The van der Waals surface area contributed by atoms with Gasteiger partial charge in [-0.3, -0.25) is 4.79 Å². The van der Waals surface area contributed by atoms with Gasteiger partial charge in [-0.1, -0.05) is 51.9 Å². The summed E-state index contributed by atoms with van der Waals surface area (Å²) in [7, 11) is 0. The fourth-order valence-corrected chi connectivity index (χ4v) is 3.52. The second-order valence-corrected chi connectivity index (χ2v) is 9.67. The molecule has 1 saturated carbocycles. The number of benzene rings is 1. The topological polar surface area (TPSA) is 68.0 Å². The first-order valence-corrected chi connectivity index (χ1v) is 10.6. The summed E-state index contributed by atoms with van der Waals surface area (Å²) in [4.78, 5) is 18.1. The molecule has 3 rings (SSSR count). The molecule has 1 atom stereocenters. The molecule has 2 aromatic rings. The van der Waals surface area contributed by atoms with Gasteiger partial charge in [0.15, 0.2) is 5.82 Å². The summed E-state index contributed by atoms with van der Waals surface area (Å²) in [6.45, 7) is 10.7. The SMILES string of the molecule is CC(C)C(NC(=O)CSc1ccc(C(C)(C)C)cc1)c1nc(C2CC2)no1. The zero-order chi connectivity index (χ0) is 19.6. The van der Waals surface area contributed by atoms with Crippen molar-refractivity contribution < 1.29 is 9.32 Å². The normalized spacial score (nSPS) is 15.8. The summed E-state index contributed by atoms with van der Waals surface area (Å²) in [5.41, 5.74) is 1.42. The quantitative estimate of drug-likeness (QED) is 0.688. The van der Waals surface area contributed by atoms with Crippen LogP contribution in [0.4, 0.5) is 0 Å². The summed E-state index contributed by atoms with van der Waals surface area (Å²) >= 11 is 1.54. The third-order valence-corrected chi connectivity index (χ3v) is 5.75. The molecule has 27 heavy (non-hydrogen) atoms. The van der Waals surface area contributed by atoms with E-state index in [2.05, 4.69) is 60.5 Å². The highest BCUT2D eigenvalue weighted by Crippen LogP contribution is 2.38. The van der Waals surface area contributed by atoms with Crippen molar-refractivity contribution in [2.24, 2.45) is 5.92 Å². The molecule has 0 radical (unpaired) electrons. The molecule has 146 valence electrons. The van der Waals surface area contributed by atoms with Gasteiger partial charge < -0.3 is 9.84 Å². The van der Waals surface area contributed by atoms with E-state index in [9.17, 15) is 4.79 Å². The van der Waals surface area contributed by atoms with Gasteiger partial charge in [0.05, 0.1) is 5.75 Å². The molecule has 5 nitrogen and oxygen atoms in total. The van der Waals surface area contributed by atoms with Crippen LogP contribution in [0.5, 0.6) is 0 Å². The Kier molecular flexibility index (Phi) is 5.94. The number of amides is 1. The number of nitrogens with one attached hydrogen (secondary N) is 1. The van der Waals surface area contributed by atoms with E-state index in [-0.39, 0.29) is 23.3 Å². The van der Waals surface area contributed by atoms with E-state index >= 15 is 0 Å². The van der Waals surface area contributed by atoms with Gasteiger partial charge in [-0.15, -0.1) is 11.8 Å². The van der Waals surface area contributed by atoms with Crippen molar-refractivity contribution in [3.05, 3.63) is 41.5 Å². The molecule has 1 aromatic heterocycles. The number of hydrogen-bond donors (Lipinski definition) is 1. The van der Waals surface area contributed by atoms with E-state index in [4.69, 9.17) is 4.52 Å². The van der Waals surface area contributed by atoms with Crippen LogP contribution in [0.2, 0.25) is 0 Å². The molecule has 0 aliphatic heterocycles. The van der Waals surface area contributed by atoms with Crippen molar-refractivity contribution in [1.29, 1.82) is 0 Å². The largest absolute Gasteiger partial charge is 0.343 e. The summed E-state index contributed by atoms with van der Waals surface area (Å²) in [5, 5.41) is 7.12. The first-order valence-electron chi connectivity index (χ1n) is 9.60. The highest BCUT2D eigenvalue weighted by atomic mass is 32.2. The van der Waals surface area contributed by atoms with Gasteiger partial charge in [-0.25, -0.2) is 0 Å². The van der Waals surface area contributed by atoms with Crippen molar-refractivity contribution >= 4 is 17.7 Å². The Morgan fingerprint density at radius 1 is 1.26 bits per heavy atom. The number of rotatable bonds is 7. The number of thioether (sulfide) groups is 1. The zero-order valence-corrected chi connectivity index (χ0v) is 17.6. The Morgan fingerprint density at radius 2 is 1.93 bits per heavy atom. The lowest BCUT2D eigenvalue weighted by Gasteiger charge is -2.19. The highest BCUT2D eigenvalue weighted by Gasteiger charge is 2.31. The highest BCUT2D eigenvalue weighted by molar-refractivity contribution is 8.00. The van der Waals surface area contributed by atoms with Crippen LogP contribution in [-0.2, 0) is 10.2 Å². The molecule has 6 heteroatoms. The van der Waals surface area contributed by atoms with Crippen LogP contribution in [0.1, 0.15) is 76.7 Å². The Balaban J connectivity index is 1.56. The molecule has 1 aromatic carbocycles. The first-order chi connectivity index (χ1) is 12.7.